The SMILES string of the molecule is CC(C)(C)c1nc([C@H]2Nc3ccccc3C(=O)N2CC(F)(F)F)cs1. The van der Waals surface area contributed by atoms with Gasteiger partial charge in [0.25, 0.3) is 5.91 Å². The van der Waals surface area contributed by atoms with Crippen LogP contribution in [0, 0.1) is 0 Å². The van der Waals surface area contributed by atoms with Crippen LogP contribution in [0.4, 0.5) is 18.9 Å². The van der Waals surface area contributed by atoms with Crippen LogP contribution >= 0.6 is 11.3 Å². The van der Waals surface area contributed by atoms with E-state index in [1.807, 2.05) is 20.8 Å². The highest BCUT2D eigenvalue weighted by atomic mass is 32.1. The predicted octanol–water partition coefficient (Wildman–Crippen LogP) is 4.57. The molecule has 1 aliphatic rings. The summed E-state index contributed by atoms with van der Waals surface area (Å²) >= 11 is 1.38. The maximum absolute atomic E-state index is 13.0. The number of anilines is 1. The molecule has 0 saturated heterocycles. The molecule has 8 heteroatoms. The van der Waals surface area contributed by atoms with Gasteiger partial charge < -0.3 is 10.2 Å². The smallest absolute Gasteiger partial charge is 0.359 e. The summed E-state index contributed by atoms with van der Waals surface area (Å²) in [5.74, 6) is -0.651. The molecular weight excluding hydrogens is 351 g/mol. The first-order chi connectivity index (χ1) is 11.6. The lowest BCUT2D eigenvalue weighted by Gasteiger charge is -2.37. The number of rotatable bonds is 2. The molecule has 0 unspecified atom stereocenters. The Morgan fingerprint density at radius 3 is 2.52 bits per heavy atom. The lowest BCUT2D eigenvalue weighted by Crippen LogP contribution is -2.47. The molecule has 0 aliphatic carbocycles. The minimum absolute atomic E-state index is 0.214. The predicted molar refractivity (Wildman–Crippen MR) is 90.7 cm³/mol. The molecule has 25 heavy (non-hydrogen) atoms. The van der Waals surface area contributed by atoms with E-state index in [1.165, 1.54) is 17.4 Å². The van der Waals surface area contributed by atoms with E-state index in [-0.39, 0.29) is 11.0 Å². The fraction of sp³-hybridized carbons (Fsp3) is 0.412. The summed E-state index contributed by atoms with van der Waals surface area (Å²) < 4.78 is 39.1. The van der Waals surface area contributed by atoms with Gasteiger partial charge >= 0.3 is 6.18 Å². The molecule has 4 nitrogen and oxygen atoms in total. The van der Waals surface area contributed by atoms with Crippen molar-refractivity contribution in [2.45, 2.75) is 38.5 Å². The quantitative estimate of drug-likeness (QED) is 0.843. The number of carbonyl (C=O) groups is 1. The van der Waals surface area contributed by atoms with Crippen LogP contribution in [0.3, 0.4) is 0 Å². The molecule has 1 N–H and O–H groups in total. The molecule has 0 saturated carbocycles. The number of hydrogen-bond acceptors (Lipinski definition) is 4. The van der Waals surface area contributed by atoms with Gasteiger partial charge in [0, 0.05) is 16.5 Å². The van der Waals surface area contributed by atoms with Crippen molar-refractivity contribution in [3.05, 3.63) is 45.9 Å². The van der Waals surface area contributed by atoms with Gasteiger partial charge in [-0.25, -0.2) is 4.98 Å². The third-order valence-corrected chi connectivity index (χ3v) is 5.10. The number of thiazole rings is 1. The molecule has 3 rings (SSSR count). The van der Waals surface area contributed by atoms with Crippen molar-refractivity contribution in [3.8, 4) is 0 Å². The van der Waals surface area contributed by atoms with Crippen molar-refractivity contribution in [3.63, 3.8) is 0 Å². The van der Waals surface area contributed by atoms with Crippen molar-refractivity contribution >= 4 is 22.9 Å². The standard InChI is InChI=1S/C17H18F3N3OS/c1-16(2,3)15-22-12(8-25-15)13-21-11-7-5-4-6-10(11)14(24)23(13)9-17(18,19)20/h4-8,13,21H,9H2,1-3H3/t13-/m0/s1. The number of nitrogens with zero attached hydrogens (tertiary/aromatic N) is 2. The van der Waals surface area contributed by atoms with Crippen molar-refractivity contribution < 1.29 is 18.0 Å². The number of benzene rings is 1. The molecule has 134 valence electrons. The van der Waals surface area contributed by atoms with E-state index >= 15 is 0 Å². The zero-order chi connectivity index (χ0) is 18.4. The zero-order valence-electron chi connectivity index (χ0n) is 14.0. The van der Waals surface area contributed by atoms with Gasteiger partial charge in [-0.2, -0.15) is 13.2 Å². The zero-order valence-corrected chi connectivity index (χ0v) is 14.8. The van der Waals surface area contributed by atoms with Crippen LogP contribution in [0.2, 0.25) is 0 Å². The Bertz CT molecular complexity index is 795. The summed E-state index contributed by atoms with van der Waals surface area (Å²) in [6.45, 7) is 4.62. The van der Waals surface area contributed by atoms with E-state index in [9.17, 15) is 18.0 Å². The number of aromatic nitrogens is 1. The molecule has 0 bridgehead atoms. The first-order valence-electron chi connectivity index (χ1n) is 7.75. The maximum atomic E-state index is 13.0. The Kier molecular flexibility index (Phi) is 4.26. The second kappa shape index (κ2) is 6.01. The molecule has 1 amide bonds. The topological polar surface area (TPSA) is 45.2 Å². The van der Waals surface area contributed by atoms with E-state index < -0.39 is 24.8 Å². The molecule has 0 spiro atoms. The number of nitrogens with one attached hydrogen (secondary N) is 1. The van der Waals surface area contributed by atoms with Crippen LogP contribution in [0.5, 0.6) is 0 Å². The Balaban J connectivity index is 2.03. The summed E-state index contributed by atoms with van der Waals surface area (Å²) in [6, 6.07) is 6.57. The second-order valence-corrected chi connectivity index (χ2v) is 7.83. The van der Waals surface area contributed by atoms with Gasteiger partial charge in [-0.1, -0.05) is 32.9 Å². The minimum atomic E-state index is -4.50. The van der Waals surface area contributed by atoms with Crippen molar-refractivity contribution in [1.29, 1.82) is 0 Å². The highest BCUT2D eigenvalue weighted by Gasteiger charge is 2.41. The number of amides is 1. The number of hydrogen-bond donors (Lipinski definition) is 1. The fourth-order valence-corrected chi connectivity index (χ4v) is 3.56. The minimum Gasteiger partial charge on any atom is -0.359 e. The van der Waals surface area contributed by atoms with Crippen LogP contribution in [-0.4, -0.2) is 28.5 Å². The van der Waals surface area contributed by atoms with Crippen LogP contribution in [-0.2, 0) is 5.41 Å². The summed E-state index contributed by atoms with van der Waals surface area (Å²) in [5.41, 5.74) is 0.950. The lowest BCUT2D eigenvalue weighted by atomic mass is 9.98. The van der Waals surface area contributed by atoms with Crippen LogP contribution < -0.4 is 5.32 Å². The van der Waals surface area contributed by atoms with Gasteiger partial charge in [0.2, 0.25) is 0 Å². The largest absolute Gasteiger partial charge is 0.406 e. The van der Waals surface area contributed by atoms with Crippen molar-refractivity contribution in [2.24, 2.45) is 0 Å². The first-order valence-corrected chi connectivity index (χ1v) is 8.63. The summed E-state index contributed by atoms with van der Waals surface area (Å²) in [5, 5.41) is 5.55. The molecule has 2 aromatic rings. The molecule has 0 radical (unpaired) electrons. The lowest BCUT2D eigenvalue weighted by molar-refractivity contribution is -0.144. The van der Waals surface area contributed by atoms with E-state index in [2.05, 4.69) is 10.3 Å². The molecule has 0 fully saturated rings. The van der Waals surface area contributed by atoms with Gasteiger partial charge in [0.1, 0.15) is 12.7 Å². The number of halogens is 3. The maximum Gasteiger partial charge on any atom is 0.406 e. The van der Waals surface area contributed by atoms with Gasteiger partial charge in [-0.3, -0.25) is 4.79 Å². The van der Waals surface area contributed by atoms with E-state index in [4.69, 9.17) is 0 Å². The summed E-state index contributed by atoms with van der Waals surface area (Å²) in [6.07, 6.45) is -5.44. The normalized spacial score (nSPS) is 18.1. The van der Waals surface area contributed by atoms with Gasteiger partial charge in [0.15, 0.2) is 0 Å². The molecule has 1 aliphatic heterocycles. The van der Waals surface area contributed by atoms with E-state index in [0.29, 0.717) is 11.4 Å². The number of fused-ring (bicyclic) bond motifs is 1. The first kappa shape index (κ1) is 17.7. The molecule has 1 aromatic heterocycles. The number of carbonyl (C=O) groups excluding carboxylic acids is 1. The number of para-hydroxylation sites is 1. The molecular formula is C17H18F3N3OS. The summed E-state index contributed by atoms with van der Waals surface area (Å²) in [7, 11) is 0. The van der Waals surface area contributed by atoms with Crippen LogP contribution in [0.1, 0.15) is 48.0 Å². The summed E-state index contributed by atoms with van der Waals surface area (Å²) in [4.78, 5) is 17.9. The molecule has 1 aromatic carbocycles. The van der Waals surface area contributed by atoms with Crippen LogP contribution in [0.15, 0.2) is 29.6 Å². The van der Waals surface area contributed by atoms with Gasteiger partial charge in [-0.15, -0.1) is 11.3 Å². The van der Waals surface area contributed by atoms with Crippen LogP contribution in [0.25, 0.3) is 0 Å². The Morgan fingerprint density at radius 2 is 1.92 bits per heavy atom. The Labute approximate surface area is 147 Å². The third kappa shape index (κ3) is 3.63. The van der Waals surface area contributed by atoms with Gasteiger partial charge in [-0.05, 0) is 12.1 Å². The number of alkyl halides is 3. The van der Waals surface area contributed by atoms with Crippen molar-refractivity contribution in [2.75, 3.05) is 11.9 Å². The molecule has 1 atom stereocenters. The molecule has 2 heterocycles. The highest BCUT2D eigenvalue weighted by Crippen LogP contribution is 2.36. The van der Waals surface area contributed by atoms with Crippen molar-refractivity contribution in [1.82, 2.24) is 9.88 Å². The monoisotopic (exact) mass is 369 g/mol. The second-order valence-electron chi connectivity index (χ2n) is 6.97. The Hall–Kier alpha value is -2.09. The Morgan fingerprint density at radius 1 is 1.24 bits per heavy atom. The third-order valence-electron chi connectivity index (χ3n) is 3.82. The van der Waals surface area contributed by atoms with Gasteiger partial charge in [0.05, 0.1) is 16.3 Å². The fourth-order valence-electron chi connectivity index (χ4n) is 2.64. The highest BCUT2D eigenvalue weighted by molar-refractivity contribution is 7.09. The average molecular weight is 369 g/mol. The average Bonchev–Trinajstić information content (AvgIpc) is 2.99. The van der Waals surface area contributed by atoms with E-state index in [1.54, 1.807) is 23.6 Å². The van der Waals surface area contributed by atoms with E-state index in [0.717, 1.165) is 9.91 Å².